The molecule has 2 heterocycles. The molecule has 1 atom stereocenters. The fraction of sp³-hybridized carbons (Fsp3) is 0.895. The molecule has 0 aromatic rings. The Morgan fingerprint density at radius 1 is 0.920 bits per heavy atom. The average Bonchev–Trinajstić information content (AvgIpc) is 3.46. The first-order valence-electron chi connectivity index (χ1n) is 10.0. The van der Waals surface area contributed by atoms with Crippen LogP contribution >= 0.6 is 0 Å². The number of carbonyl (C=O) groups excluding carboxylic acids is 2. The second-order valence-corrected chi connectivity index (χ2v) is 7.82. The van der Waals surface area contributed by atoms with Crippen LogP contribution < -0.4 is 0 Å². The minimum absolute atomic E-state index is 0.0964. The Labute approximate surface area is 151 Å². The predicted molar refractivity (Wildman–Crippen MR) is 96.2 cm³/mol. The molecular weight excluding hydrogens is 318 g/mol. The summed E-state index contributed by atoms with van der Waals surface area (Å²) in [5, 5.41) is 0. The van der Waals surface area contributed by atoms with Crippen molar-refractivity contribution in [2.75, 3.05) is 52.4 Å². The van der Waals surface area contributed by atoms with E-state index in [1.165, 1.54) is 25.7 Å². The SMILES string of the molecule is CC(OCC1CC1)C(=O)N1CCN(CC(=O)N2CCCCCC2)CC1. The quantitative estimate of drug-likeness (QED) is 0.725. The maximum absolute atomic E-state index is 12.5. The van der Waals surface area contributed by atoms with Crippen LogP contribution in [0.2, 0.25) is 0 Å². The number of ether oxygens (including phenoxy) is 1. The normalized spacial score (nSPS) is 24.0. The number of rotatable bonds is 6. The lowest BCUT2D eigenvalue weighted by molar-refractivity contribution is -0.145. The standard InChI is InChI=1S/C19H33N3O3/c1-16(25-15-17-6-7-17)19(24)22-12-10-20(11-13-22)14-18(23)21-8-4-2-3-5-9-21/h16-17H,2-15H2,1H3. The van der Waals surface area contributed by atoms with Crippen molar-refractivity contribution >= 4 is 11.8 Å². The number of hydrogen-bond donors (Lipinski definition) is 0. The molecule has 2 saturated heterocycles. The van der Waals surface area contributed by atoms with Gasteiger partial charge in [-0.2, -0.15) is 0 Å². The van der Waals surface area contributed by atoms with Crippen LogP contribution in [0.15, 0.2) is 0 Å². The summed E-state index contributed by atoms with van der Waals surface area (Å²) in [5.74, 6) is 1.03. The Morgan fingerprint density at radius 2 is 1.56 bits per heavy atom. The molecule has 0 radical (unpaired) electrons. The lowest BCUT2D eigenvalue weighted by atomic mass is 10.2. The van der Waals surface area contributed by atoms with Gasteiger partial charge in [0.2, 0.25) is 5.91 Å². The van der Waals surface area contributed by atoms with Crippen LogP contribution in [-0.2, 0) is 14.3 Å². The van der Waals surface area contributed by atoms with E-state index in [1.54, 1.807) is 0 Å². The Kier molecular flexibility index (Phi) is 6.70. The summed E-state index contributed by atoms with van der Waals surface area (Å²) in [6.45, 7) is 7.85. The Bertz CT molecular complexity index is 451. The van der Waals surface area contributed by atoms with Crippen molar-refractivity contribution in [2.45, 2.75) is 51.6 Å². The molecule has 1 saturated carbocycles. The van der Waals surface area contributed by atoms with Crippen molar-refractivity contribution in [3.05, 3.63) is 0 Å². The van der Waals surface area contributed by atoms with E-state index >= 15 is 0 Å². The number of hydrogen-bond acceptors (Lipinski definition) is 4. The zero-order valence-electron chi connectivity index (χ0n) is 15.6. The van der Waals surface area contributed by atoms with E-state index in [9.17, 15) is 9.59 Å². The van der Waals surface area contributed by atoms with Crippen LogP contribution in [0.5, 0.6) is 0 Å². The van der Waals surface area contributed by atoms with Crippen LogP contribution in [-0.4, -0.2) is 85.0 Å². The molecule has 0 N–H and O–H groups in total. The van der Waals surface area contributed by atoms with Crippen LogP contribution in [0.1, 0.15) is 45.4 Å². The summed E-state index contributed by atoms with van der Waals surface area (Å²) < 4.78 is 5.70. The summed E-state index contributed by atoms with van der Waals surface area (Å²) in [5.41, 5.74) is 0. The third-order valence-corrected chi connectivity index (χ3v) is 5.63. The van der Waals surface area contributed by atoms with Gasteiger partial charge in [0.15, 0.2) is 0 Å². The Balaban J connectivity index is 1.37. The molecule has 0 aromatic heterocycles. The van der Waals surface area contributed by atoms with Gasteiger partial charge in [0, 0.05) is 39.3 Å². The average molecular weight is 351 g/mol. The van der Waals surface area contributed by atoms with Gasteiger partial charge in [0.1, 0.15) is 6.10 Å². The van der Waals surface area contributed by atoms with Gasteiger partial charge in [-0.25, -0.2) is 0 Å². The van der Waals surface area contributed by atoms with Crippen molar-refractivity contribution in [2.24, 2.45) is 5.92 Å². The molecule has 142 valence electrons. The molecule has 3 aliphatic rings. The predicted octanol–water partition coefficient (Wildman–Crippen LogP) is 1.35. The van der Waals surface area contributed by atoms with Crippen molar-refractivity contribution in [3.63, 3.8) is 0 Å². The van der Waals surface area contributed by atoms with Crippen LogP contribution in [0.25, 0.3) is 0 Å². The zero-order chi connectivity index (χ0) is 17.6. The molecule has 0 spiro atoms. The molecule has 2 amide bonds. The highest BCUT2D eigenvalue weighted by Gasteiger charge is 2.29. The van der Waals surface area contributed by atoms with Crippen molar-refractivity contribution in [1.29, 1.82) is 0 Å². The summed E-state index contributed by atoms with van der Waals surface area (Å²) in [4.78, 5) is 31.0. The Hall–Kier alpha value is -1.14. The van der Waals surface area contributed by atoms with Crippen LogP contribution in [0, 0.1) is 5.92 Å². The van der Waals surface area contributed by atoms with Gasteiger partial charge in [0.05, 0.1) is 13.2 Å². The van der Waals surface area contributed by atoms with Crippen molar-refractivity contribution in [1.82, 2.24) is 14.7 Å². The molecule has 3 fully saturated rings. The topological polar surface area (TPSA) is 53.1 Å². The van der Waals surface area contributed by atoms with Gasteiger partial charge in [-0.05, 0) is 38.5 Å². The van der Waals surface area contributed by atoms with E-state index < -0.39 is 0 Å². The number of nitrogens with zero attached hydrogens (tertiary/aromatic N) is 3. The highest BCUT2D eigenvalue weighted by Crippen LogP contribution is 2.29. The first-order valence-corrected chi connectivity index (χ1v) is 10.0. The van der Waals surface area contributed by atoms with Gasteiger partial charge in [-0.15, -0.1) is 0 Å². The molecule has 25 heavy (non-hydrogen) atoms. The maximum Gasteiger partial charge on any atom is 0.251 e. The molecule has 6 nitrogen and oxygen atoms in total. The summed E-state index contributed by atoms with van der Waals surface area (Å²) >= 11 is 0. The number of amides is 2. The zero-order valence-corrected chi connectivity index (χ0v) is 15.6. The molecule has 3 rings (SSSR count). The summed E-state index contributed by atoms with van der Waals surface area (Å²) in [6, 6.07) is 0. The minimum Gasteiger partial charge on any atom is -0.368 e. The van der Waals surface area contributed by atoms with E-state index in [0.29, 0.717) is 25.6 Å². The van der Waals surface area contributed by atoms with Crippen molar-refractivity contribution in [3.8, 4) is 0 Å². The van der Waals surface area contributed by atoms with Crippen molar-refractivity contribution < 1.29 is 14.3 Å². The molecule has 2 aliphatic heterocycles. The van der Waals surface area contributed by atoms with Gasteiger partial charge in [0.25, 0.3) is 5.91 Å². The first-order chi connectivity index (χ1) is 12.1. The largest absolute Gasteiger partial charge is 0.368 e. The third-order valence-electron chi connectivity index (χ3n) is 5.63. The van der Waals surface area contributed by atoms with E-state index in [1.807, 2.05) is 16.7 Å². The van der Waals surface area contributed by atoms with Gasteiger partial charge >= 0.3 is 0 Å². The summed E-state index contributed by atoms with van der Waals surface area (Å²) in [7, 11) is 0. The number of piperazine rings is 1. The van der Waals surface area contributed by atoms with E-state index in [2.05, 4.69) is 4.90 Å². The fourth-order valence-corrected chi connectivity index (χ4v) is 3.63. The molecule has 0 bridgehead atoms. The lowest BCUT2D eigenvalue weighted by Crippen LogP contribution is -2.53. The maximum atomic E-state index is 12.5. The van der Waals surface area contributed by atoms with Crippen LogP contribution in [0.4, 0.5) is 0 Å². The van der Waals surface area contributed by atoms with Gasteiger partial charge < -0.3 is 14.5 Å². The number of carbonyl (C=O) groups is 2. The molecule has 6 heteroatoms. The lowest BCUT2D eigenvalue weighted by Gasteiger charge is -2.36. The van der Waals surface area contributed by atoms with Gasteiger partial charge in [-0.3, -0.25) is 14.5 Å². The third kappa shape index (κ3) is 5.68. The van der Waals surface area contributed by atoms with Crippen LogP contribution in [0.3, 0.4) is 0 Å². The fourth-order valence-electron chi connectivity index (χ4n) is 3.63. The minimum atomic E-state index is -0.342. The Morgan fingerprint density at radius 3 is 2.16 bits per heavy atom. The number of likely N-dealkylation sites (tertiary alicyclic amines) is 1. The van der Waals surface area contributed by atoms with E-state index in [-0.39, 0.29) is 17.9 Å². The highest BCUT2D eigenvalue weighted by molar-refractivity contribution is 5.81. The molecule has 1 unspecified atom stereocenters. The van der Waals surface area contributed by atoms with Gasteiger partial charge in [-0.1, -0.05) is 12.8 Å². The second kappa shape index (κ2) is 8.99. The van der Waals surface area contributed by atoms with E-state index in [0.717, 1.165) is 45.6 Å². The molecule has 0 aromatic carbocycles. The molecule has 1 aliphatic carbocycles. The van der Waals surface area contributed by atoms with E-state index in [4.69, 9.17) is 4.74 Å². The second-order valence-electron chi connectivity index (χ2n) is 7.82. The summed E-state index contributed by atoms with van der Waals surface area (Å²) in [6.07, 6.45) is 6.89. The highest BCUT2D eigenvalue weighted by atomic mass is 16.5. The molecular formula is C19H33N3O3. The smallest absolute Gasteiger partial charge is 0.251 e. The monoisotopic (exact) mass is 351 g/mol. The first kappa shape index (κ1) is 18.6.